The Labute approximate surface area is 206 Å². The van der Waals surface area contributed by atoms with Gasteiger partial charge < -0.3 is 4.74 Å². The average molecular weight is 501 g/mol. The Morgan fingerprint density at radius 2 is 2.00 bits per heavy atom. The van der Waals surface area contributed by atoms with E-state index in [1.165, 1.54) is 28.8 Å². The lowest BCUT2D eigenvalue weighted by Crippen LogP contribution is -2.38. The third-order valence-corrected chi connectivity index (χ3v) is 8.16. The van der Waals surface area contributed by atoms with Crippen molar-refractivity contribution in [1.29, 1.82) is 0 Å². The summed E-state index contributed by atoms with van der Waals surface area (Å²) in [4.78, 5) is 14.8. The Morgan fingerprint density at radius 1 is 1.23 bits per heavy atom. The Bertz CT molecular complexity index is 1270. The molecule has 1 amide bonds. The Balaban J connectivity index is 1.30. The molecule has 1 spiro atoms. The van der Waals surface area contributed by atoms with E-state index in [2.05, 4.69) is 36.9 Å². The predicted molar refractivity (Wildman–Crippen MR) is 133 cm³/mol. The molecule has 2 aromatic carbocycles. The van der Waals surface area contributed by atoms with Crippen molar-refractivity contribution in [2.24, 2.45) is 5.41 Å². The van der Waals surface area contributed by atoms with E-state index in [9.17, 15) is 17.6 Å². The molecule has 1 saturated heterocycles. The highest BCUT2D eigenvalue weighted by Gasteiger charge is 2.58. The van der Waals surface area contributed by atoms with E-state index in [0.717, 1.165) is 63.6 Å². The first-order valence-electron chi connectivity index (χ1n) is 12.3. The fourth-order valence-electron chi connectivity index (χ4n) is 5.50. The monoisotopic (exact) mass is 500 g/mol. The van der Waals surface area contributed by atoms with Gasteiger partial charge in [-0.05, 0) is 81.2 Å². The van der Waals surface area contributed by atoms with Crippen molar-refractivity contribution in [3.05, 3.63) is 64.0 Å². The van der Waals surface area contributed by atoms with E-state index < -0.39 is 21.7 Å². The highest BCUT2D eigenvalue weighted by atomic mass is 32.2. The van der Waals surface area contributed by atoms with Crippen molar-refractivity contribution in [2.45, 2.75) is 64.5 Å². The van der Waals surface area contributed by atoms with Gasteiger partial charge in [-0.1, -0.05) is 23.8 Å². The Kier molecular flexibility index (Phi) is 6.16. The fraction of sp³-hybridized carbons (Fsp3) is 0.519. The molecule has 2 aromatic rings. The molecule has 1 unspecified atom stereocenters. The number of sulfonamides is 1. The minimum Gasteiger partial charge on any atom is -0.489 e. The van der Waals surface area contributed by atoms with Crippen molar-refractivity contribution in [2.75, 3.05) is 19.3 Å². The maximum atomic E-state index is 14.9. The van der Waals surface area contributed by atoms with Gasteiger partial charge in [-0.25, -0.2) is 17.5 Å². The molecule has 1 aliphatic heterocycles. The topological polar surface area (TPSA) is 75.7 Å². The van der Waals surface area contributed by atoms with Gasteiger partial charge >= 0.3 is 0 Å². The molecule has 2 atom stereocenters. The maximum absolute atomic E-state index is 14.9. The number of piperidine rings is 1. The molecule has 188 valence electrons. The van der Waals surface area contributed by atoms with Gasteiger partial charge in [0.05, 0.1) is 11.8 Å². The highest BCUT2D eigenvalue weighted by Crippen LogP contribution is 2.56. The number of hydrogen-bond donors (Lipinski definition) is 1. The lowest BCUT2D eigenvalue weighted by molar-refractivity contribution is 0.0977. The average Bonchev–Trinajstić information content (AvgIpc) is 3.68. The van der Waals surface area contributed by atoms with Crippen molar-refractivity contribution in [3.63, 3.8) is 0 Å². The van der Waals surface area contributed by atoms with Gasteiger partial charge in [0.15, 0.2) is 0 Å². The fourth-order valence-corrected chi connectivity index (χ4v) is 5.95. The van der Waals surface area contributed by atoms with Gasteiger partial charge in [-0.3, -0.25) is 9.69 Å². The number of ether oxygens (including phenoxy) is 1. The number of likely N-dealkylation sites (tertiary alicyclic amines) is 1. The molecule has 0 radical (unpaired) electrons. The van der Waals surface area contributed by atoms with Crippen LogP contribution >= 0.6 is 0 Å². The van der Waals surface area contributed by atoms with E-state index in [1.807, 2.05) is 4.72 Å². The SMILES string of the molecule is Cc1ccc(CN2CCCC3(C[C@H]3Oc3cc(F)c(C(=O)NS(C)(=O)=O)cc3C3CC3)C2)c(C)c1. The first-order valence-corrected chi connectivity index (χ1v) is 14.2. The lowest BCUT2D eigenvalue weighted by Gasteiger charge is -2.34. The van der Waals surface area contributed by atoms with Crippen LogP contribution < -0.4 is 9.46 Å². The molecule has 2 saturated carbocycles. The molecular formula is C27H33FN2O4S. The van der Waals surface area contributed by atoms with Crippen LogP contribution in [-0.4, -0.2) is 44.7 Å². The molecule has 1 N–H and O–H groups in total. The summed E-state index contributed by atoms with van der Waals surface area (Å²) in [5.74, 6) is -0.997. The molecule has 6 nitrogen and oxygen atoms in total. The van der Waals surface area contributed by atoms with Gasteiger partial charge in [0.25, 0.3) is 5.91 Å². The molecule has 3 fully saturated rings. The number of aryl methyl sites for hydroxylation is 2. The smallest absolute Gasteiger partial charge is 0.267 e. The van der Waals surface area contributed by atoms with Crippen molar-refractivity contribution in [1.82, 2.24) is 9.62 Å². The second-order valence-electron chi connectivity index (χ2n) is 10.8. The molecule has 8 heteroatoms. The summed E-state index contributed by atoms with van der Waals surface area (Å²) in [7, 11) is -3.78. The molecule has 0 bridgehead atoms. The molecular weight excluding hydrogens is 467 g/mol. The molecule has 0 aromatic heterocycles. The second kappa shape index (κ2) is 8.89. The zero-order valence-corrected chi connectivity index (χ0v) is 21.4. The molecule has 1 heterocycles. The van der Waals surface area contributed by atoms with Crippen molar-refractivity contribution < 1.29 is 22.3 Å². The van der Waals surface area contributed by atoms with Gasteiger partial charge in [0, 0.05) is 24.6 Å². The maximum Gasteiger partial charge on any atom is 0.267 e. The largest absolute Gasteiger partial charge is 0.489 e. The summed E-state index contributed by atoms with van der Waals surface area (Å²) in [5.41, 5.74) is 4.57. The van der Waals surface area contributed by atoms with Crippen molar-refractivity contribution in [3.8, 4) is 5.75 Å². The number of rotatable bonds is 7. The summed E-state index contributed by atoms with van der Waals surface area (Å²) in [5, 5.41) is 0. The molecule has 35 heavy (non-hydrogen) atoms. The van der Waals surface area contributed by atoms with Crippen LogP contribution in [0.2, 0.25) is 0 Å². The zero-order valence-electron chi connectivity index (χ0n) is 20.6. The van der Waals surface area contributed by atoms with Gasteiger partial charge in [-0.15, -0.1) is 0 Å². The Hall–Kier alpha value is -2.45. The lowest BCUT2D eigenvalue weighted by atomic mass is 9.93. The van der Waals surface area contributed by atoms with Crippen LogP contribution in [0.4, 0.5) is 4.39 Å². The van der Waals surface area contributed by atoms with Crippen LogP contribution in [0, 0.1) is 25.1 Å². The van der Waals surface area contributed by atoms with Crippen LogP contribution in [0.5, 0.6) is 5.75 Å². The number of halogens is 1. The van der Waals surface area contributed by atoms with Crippen LogP contribution in [0.1, 0.15) is 70.6 Å². The Morgan fingerprint density at radius 3 is 2.69 bits per heavy atom. The first-order chi connectivity index (χ1) is 16.5. The van der Waals surface area contributed by atoms with E-state index in [0.29, 0.717) is 5.75 Å². The summed E-state index contributed by atoms with van der Waals surface area (Å²) >= 11 is 0. The van der Waals surface area contributed by atoms with E-state index in [-0.39, 0.29) is 23.0 Å². The number of carbonyl (C=O) groups is 1. The minimum absolute atomic E-state index is 0.0250. The zero-order chi connectivity index (χ0) is 25.0. The summed E-state index contributed by atoms with van der Waals surface area (Å²) in [6.07, 6.45) is 5.96. The van der Waals surface area contributed by atoms with Gasteiger partial charge in [0.2, 0.25) is 10.0 Å². The van der Waals surface area contributed by atoms with Gasteiger partial charge in [-0.2, -0.15) is 0 Å². The summed E-state index contributed by atoms with van der Waals surface area (Å²) < 4.78 is 46.0. The predicted octanol–water partition coefficient (Wildman–Crippen LogP) is 4.44. The number of nitrogens with one attached hydrogen (secondary N) is 1. The number of hydrogen-bond acceptors (Lipinski definition) is 5. The van der Waals surface area contributed by atoms with Crippen molar-refractivity contribution >= 4 is 15.9 Å². The number of carbonyl (C=O) groups excluding carboxylic acids is 1. The van der Waals surface area contributed by atoms with Crippen LogP contribution in [0.25, 0.3) is 0 Å². The number of benzene rings is 2. The van der Waals surface area contributed by atoms with Gasteiger partial charge in [0.1, 0.15) is 17.7 Å². The summed E-state index contributed by atoms with van der Waals surface area (Å²) in [6, 6.07) is 9.36. The normalized spacial score (nSPS) is 24.4. The van der Waals surface area contributed by atoms with Crippen LogP contribution in [-0.2, 0) is 16.6 Å². The van der Waals surface area contributed by atoms with E-state index in [1.54, 1.807) is 0 Å². The third kappa shape index (κ3) is 5.38. The van der Waals surface area contributed by atoms with Crippen LogP contribution in [0.15, 0.2) is 30.3 Å². The molecule has 5 rings (SSSR count). The first kappa shape index (κ1) is 24.3. The second-order valence-corrected chi connectivity index (χ2v) is 12.5. The highest BCUT2D eigenvalue weighted by molar-refractivity contribution is 7.89. The van der Waals surface area contributed by atoms with E-state index in [4.69, 9.17) is 4.74 Å². The van der Waals surface area contributed by atoms with Crippen LogP contribution in [0.3, 0.4) is 0 Å². The standard InChI is InChI=1S/C27H33FN2O4S/c1-17-5-6-20(18(2)11-17)15-30-10-4-9-27(16-30)14-25(27)34-24-13-23(28)22(12-21(24)19-7-8-19)26(31)29-35(3,32)33/h5-6,11-13,19,25H,4,7-10,14-16H2,1-3H3,(H,29,31)/t25-,27?/m1/s1. The summed E-state index contributed by atoms with van der Waals surface area (Å²) in [6.45, 7) is 7.22. The minimum atomic E-state index is -3.78. The quantitative estimate of drug-likeness (QED) is 0.608. The van der Waals surface area contributed by atoms with E-state index >= 15 is 0 Å². The number of nitrogens with zero attached hydrogens (tertiary/aromatic N) is 1. The third-order valence-electron chi connectivity index (χ3n) is 7.60. The molecule has 2 aliphatic carbocycles. The molecule has 3 aliphatic rings. The number of amides is 1.